The molecule has 0 saturated heterocycles. The molecule has 0 fully saturated rings. The number of ether oxygens (including phenoxy) is 2. The number of aliphatic carboxylic acids is 2. The highest BCUT2D eigenvalue weighted by molar-refractivity contribution is 6.09. The molecule has 17 nitrogen and oxygen atoms in total. The lowest BCUT2D eigenvalue weighted by Gasteiger charge is -2.21. The predicted molar refractivity (Wildman–Crippen MR) is 261 cm³/mol. The number of aromatic nitrogens is 2. The largest absolute Gasteiger partial charge is 0.489 e. The maximum atomic E-state index is 14.4. The molecule has 0 bridgehead atoms. The molecule has 5 N–H and O–H groups in total. The van der Waals surface area contributed by atoms with E-state index in [-0.39, 0.29) is 44.5 Å². The summed E-state index contributed by atoms with van der Waals surface area (Å²) in [5, 5.41) is 53.4. The Hall–Kier alpha value is -8.48. The van der Waals surface area contributed by atoms with Crippen LogP contribution in [0.3, 0.4) is 0 Å². The van der Waals surface area contributed by atoms with Crippen LogP contribution >= 0.6 is 0 Å². The number of carbonyl (C=O) groups is 4. The van der Waals surface area contributed by atoms with Gasteiger partial charge in [0, 0.05) is 109 Å². The molecule has 6 aromatic rings. The van der Waals surface area contributed by atoms with Crippen molar-refractivity contribution in [2.45, 2.75) is 64.5 Å². The predicted octanol–water partition coefficient (Wildman–Crippen LogP) is 6.33. The fraction of sp³-hybridized carbons (Fsp3) is 0.259. The minimum Gasteiger partial charge on any atom is -0.489 e. The number of carboxylic acid groups (broad SMARTS) is 2. The van der Waals surface area contributed by atoms with E-state index < -0.39 is 24.5 Å². The number of benzene rings is 4. The van der Waals surface area contributed by atoms with Gasteiger partial charge in [0.15, 0.2) is 0 Å². The van der Waals surface area contributed by atoms with Gasteiger partial charge in [0.2, 0.25) is 0 Å². The van der Waals surface area contributed by atoms with E-state index in [1.54, 1.807) is 70.7 Å². The van der Waals surface area contributed by atoms with Crippen molar-refractivity contribution in [3.8, 4) is 34.8 Å². The topological polar surface area (TPSA) is 251 Å². The lowest BCUT2D eigenvalue weighted by Crippen LogP contribution is -2.30. The van der Waals surface area contributed by atoms with Crippen LogP contribution in [0.2, 0.25) is 0 Å². The lowest BCUT2D eigenvalue weighted by atomic mass is 9.93. The van der Waals surface area contributed by atoms with E-state index in [1.165, 1.54) is 12.4 Å². The van der Waals surface area contributed by atoms with E-state index in [9.17, 15) is 34.8 Å². The summed E-state index contributed by atoms with van der Waals surface area (Å²) >= 11 is 0. The zero-order chi connectivity index (χ0) is 49.9. The molecule has 71 heavy (non-hydrogen) atoms. The van der Waals surface area contributed by atoms with Crippen LogP contribution in [0.4, 0.5) is 11.4 Å². The summed E-state index contributed by atoms with van der Waals surface area (Å²) in [6, 6.07) is 29.8. The van der Waals surface area contributed by atoms with Crippen LogP contribution in [0.25, 0.3) is 11.1 Å². The van der Waals surface area contributed by atoms with E-state index in [2.05, 4.69) is 32.7 Å². The summed E-state index contributed by atoms with van der Waals surface area (Å²) in [6.45, 7) is 2.06. The monoisotopic (exact) mass is 954 g/mol. The van der Waals surface area contributed by atoms with Crippen LogP contribution in [-0.2, 0) is 48.7 Å². The van der Waals surface area contributed by atoms with Crippen molar-refractivity contribution in [1.29, 1.82) is 10.5 Å². The number of nitrogens with one attached hydrogen (secondary N) is 2. The van der Waals surface area contributed by atoms with Crippen molar-refractivity contribution in [3.05, 3.63) is 165 Å². The van der Waals surface area contributed by atoms with Crippen molar-refractivity contribution >= 4 is 35.1 Å². The fourth-order valence-corrected chi connectivity index (χ4v) is 8.90. The summed E-state index contributed by atoms with van der Waals surface area (Å²) in [6.07, 6.45) is 6.26. The van der Waals surface area contributed by atoms with Crippen molar-refractivity contribution in [2.24, 2.45) is 0 Å². The molecule has 0 aliphatic carbocycles. The van der Waals surface area contributed by atoms with Gasteiger partial charge in [-0.05, 0) is 109 Å². The molecular formula is C54H50N8O9. The number of aliphatic hydroxyl groups excluding tert-OH is 1. The summed E-state index contributed by atoms with van der Waals surface area (Å²) < 4.78 is 12.3. The maximum absolute atomic E-state index is 14.4. The minimum absolute atomic E-state index is 0.00376. The first-order chi connectivity index (χ1) is 34.5. The second-order valence-corrected chi connectivity index (χ2v) is 17.2. The van der Waals surface area contributed by atoms with Gasteiger partial charge in [-0.15, -0.1) is 0 Å². The summed E-state index contributed by atoms with van der Waals surface area (Å²) in [5.41, 5.74) is 9.90. The van der Waals surface area contributed by atoms with Gasteiger partial charge >= 0.3 is 11.9 Å². The van der Waals surface area contributed by atoms with Gasteiger partial charge in [0.25, 0.3) is 11.8 Å². The van der Waals surface area contributed by atoms with Gasteiger partial charge in [-0.2, -0.15) is 10.5 Å². The van der Waals surface area contributed by atoms with Crippen LogP contribution in [0.1, 0.15) is 84.5 Å². The first-order valence-electron chi connectivity index (χ1n) is 23.1. The Labute approximate surface area is 409 Å². The highest BCUT2D eigenvalue weighted by Crippen LogP contribution is 2.43. The molecule has 4 aromatic carbocycles. The molecule has 1 unspecified atom stereocenters. The van der Waals surface area contributed by atoms with Gasteiger partial charge in [-0.3, -0.25) is 29.1 Å². The number of nitrogens with zero attached hydrogens (tertiary/aromatic N) is 6. The molecule has 360 valence electrons. The highest BCUT2D eigenvalue weighted by Gasteiger charge is 2.32. The number of aliphatic hydroxyl groups is 1. The van der Waals surface area contributed by atoms with Crippen molar-refractivity contribution in [2.75, 3.05) is 36.0 Å². The smallest absolute Gasteiger partial charge is 0.306 e. The van der Waals surface area contributed by atoms with Crippen LogP contribution in [0.5, 0.6) is 11.5 Å². The SMILES string of the molecule is N#Cc1cncc(COc2ccc(C(=O)N3CCc4c(-c5cccc6c5CCN6C(=O)c5ccc(OCc6cncc(C#N)c6)c(CNCC(O)CC(=O)O)c5)cccc43)cc2CNCCCC(=O)O)c1. The van der Waals surface area contributed by atoms with E-state index in [0.717, 1.165) is 33.6 Å². The summed E-state index contributed by atoms with van der Waals surface area (Å²) in [7, 11) is 0. The second-order valence-electron chi connectivity index (χ2n) is 17.2. The quantitative estimate of drug-likeness (QED) is 0.0495. The third kappa shape index (κ3) is 11.9. The summed E-state index contributed by atoms with van der Waals surface area (Å²) in [5.74, 6) is -1.42. The number of nitriles is 2. The van der Waals surface area contributed by atoms with Gasteiger partial charge in [0.05, 0.1) is 23.7 Å². The Balaban J connectivity index is 1.01. The Kier molecular flexibility index (Phi) is 15.7. The molecule has 2 aliphatic heterocycles. The molecule has 2 aliphatic rings. The molecule has 1 atom stereocenters. The Morgan fingerprint density at radius 3 is 1.65 bits per heavy atom. The molecule has 0 saturated carbocycles. The molecule has 0 radical (unpaired) electrons. The van der Waals surface area contributed by atoms with E-state index in [0.29, 0.717) is 101 Å². The number of rotatable bonds is 21. The number of fused-ring (bicyclic) bond motifs is 2. The number of hydrogen-bond donors (Lipinski definition) is 5. The molecule has 8 rings (SSSR count). The molecule has 0 spiro atoms. The summed E-state index contributed by atoms with van der Waals surface area (Å²) in [4.78, 5) is 62.8. The van der Waals surface area contributed by atoms with Crippen molar-refractivity contribution in [1.82, 2.24) is 20.6 Å². The standard InChI is InChI=1S/C54H50N8O9/c55-23-34-18-36(27-58-25-34)32-70-49-11-9-38(20-40(49)29-57-15-3-8-51(64)65)53(68)61-16-13-45-43(4-1-6-47(45)61)44-5-2-7-48-46(44)14-17-62(48)54(69)39-10-12-50(71-33-37-19-35(24-56)26-59-28-37)41(21-39)30-60-31-42(63)22-52(66)67/h1-2,4-7,9-12,18-21,25-28,42,57,60,63H,3,8,13-17,22,29-33H2,(H,64,65)(H,66,67). The van der Waals surface area contributed by atoms with Gasteiger partial charge in [-0.25, -0.2) is 0 Å². The number of anilines is 2. The first kappa shape index (κ1) is 49.0. The molecule has 2 aromatic heterocycles. The average Bonchev–Trinajstić information content (AvgIpc) is 4.02. The number of carbonyl (C=O) groups excluding carboxylic acids is 2. The first-order valence-corrected chi connectivity index (χ1v) is 23.1. The van der Waals surface area contributed by atoms with Crippen molar-refractivity contribution < 1.29 is 44.0 Å². The molecule has 2 amide bonds. The Bertz CT molecular complexity index is 3070. The van der Waals surface area contributed by atoms with Crippen LogP contribution in [-0.4, -0.2) is 81.3 Å². The number of pyridine rings is 2. The van der Waals surface area contributed by atoms with Crippen LogP contribution < -0.4 is 29.9 Å². The minimum atomic E-state index is -1.12. The number of carboxylic acids is 2. The van der Waals surface area contributed by atoms with E-state index in [4.69, 9.17) is 19.7 Å². The van der Waals surface area contributed by atoms with Crippen LogP contribution in [0, 0.1) is 22.7 Å². The van der Waals surface area contributed by atoms with Gasteiger partial charge < -0.3 is 45.2 Å². The Morgan fingerprint density at radius 1 is 0.662 bits per heavy atom. The van der Waals surface area contributed by atoms with Crippen molar-refractivity contribution in [3.63, 3.8) is 0 Å². The second kappa shape index (κ2) is 22.8. The zero-order valence-corrected chi connectivity index (χ0v) is 38.6. The van der Waals surface area contributed by atoms with Crippen LogP contribution in [0.15, 0.2) is 110 Å². The Morgan fingerprint density at radius 2 is 1.17 bits per heavy atom. The number of amides is 2. The fourth-order valence-electron chi connectivity index (χ4n) is 8.90. The zero-order valence-electron chi connectivity index (χ0n) is 38.6. The lowest BCUT2D eigenvalue weighted by molar-refractivity contribution is -0.139. The number of hydrogen-bond acceptors (Lipinski definition) is 13. The third-order valence-corrected chi connectivity index (χ3v) is 12.3. The highest BCUT2D eigenvalue weighted by atomic mass is 16.5. The molecule has 4 heterocycles. The maximum Gasteiger partial charge on any atom is 0.306 e. The third-order valence-electron chi connectivity index (χ3n) is 12.3. The van der Waals surface area contributed by atoms with Gasteiger partial charge in [-0.1, -0.05) is 24.3 Å². The molecule has 17 heteroatoms. The molecular weight excluding hydrogens is 905 g/mol. The average molecular weight is 955 g/mol. The van der Waals surface area contributed by atoms with Gasteiger partial charge in [0.1, 0.15) is 36.9 Å². The van der Waals surface area contributed by atoms with E-state index in [1.807, 2.05) is 36.4 Å². The van der Waals surface area contributed by atoms with E-state index >= 15 is 0 Å². The normalized spacial score (nSPS) is 12.9.